The van der Waals surface area contributed by atoms with Crippen LogP contribution in [0, 0.1) is 0 Å². The number of hydrogen-bond donors (Lipinski definition) is 3. The summed E-state index contributed by atoms with van der Waals surface area (Å²) in [5, 5.41) is 18.8. The van der Waals surface area contributed by atoms with Crippen molar-refractivity contribution in [2.75, 3.05) is 12.3 Å². The van der Waals surface area contributed by atoms with Crippen LogP contribution in [-0.4, -0.2) is 38.5 Å². The number of nitrogen functional groups attached to an aromatic ring is 1. The van der Waals surface area contributed by atoms with Gasteiger partial charge in [-0.3, -0.25) is 4.79 Å². The molecule has 0 fully saturated rings. The third kappa shape index (κ3) is 3.93. The standard InChI is InChI=1S/C12H12ClN5O3/c13-8-3-7(4-9(14)5-8)11(19)15-1-2-18-6-10(12(20)21)16-17-18/h3-6H,1-2,14H2,(H,15,19)(H,20,21). The fraction of sp³-hybridized carbons (Fsp3) is 0.167. The fourth-order valence-corrected chi connectivity index (χ4v) is 1.88. The molecule has 0 radical (unpaired) electrons. The van der Waals surface area contributed by atoms with Crippen LogP contribution in [0.15, 0.2) is 24.4 Å². The van der Waals surface area contributed by atoms with E-state index in [1.807, 2.05) is 0 Å². The third-order valence-electron chi connectivity index (χ3n) is 2.57. The molecule has 0 saturated heterocycles. The van der Waals surface area contributed by atoms with Crippen LogP contribution in [0.1, 0.15) is 20.8 Å². The summed E-state index contributed by atoms with van der Waals surface area (Å²) in [5.41, 5.74) is 6.21. The van der Waals surface area contributed by atoms with Crippen molar-refractivity contribution in [3.05, 3.63) is 40.7 Å². The molecule has 0 atom stereocenters. The van der Waals surface area contributed by atoms with E-state index in [0.717, 1.165) is 0 Å². The number of nitrogens with two attached hydrogens (primary N) is 1. The van der Waals surface area contributed by atoms with Crippen LogP contribution in [0.3, 0.4) is 0 Å². The molecule has 0 unspecified atom stereocenters. The van der Waals surface area contributed by atoms with Crippen LogP contribution >= 0.6 is 11.6 Å². The Bertz CT molecular complexity index is 665. The Balaban J connectivity index is 1.90. The van der Waals surface area contributed by atoms with Gasteiger partial charge in [0.1, 0.15) is 0 Å². The minimum absolute atomic E-state index is 0.149. The molecule has 2 aromatic rings. The average molecular weight is 310 g/mol. The molecule has 0 saturated carbocycles. The van der Waals surface area contributed by atoms with Crippen molar-refractivity contribution in [2.45, 2.75) is 6.54 Å². The molecule has 21 heavy (non-hydrogen) atoms. The highest BCUT2D eigenvalue weighted by Gasteiger charge is 2.09. The minimum Gasteiger partial charge on any atom is -0.476 e. The Morgan fingerprint density at radius 3 is 2.76 bits per heavy atom. The van der Waals surface area contributed by atoms with E-state index in [4.69, 9.17) is 22.4 Å². The van der Waals surface area contributed by atoms with Crippen LogP contribution < -0.4 is 11.1 Å². The van der Waals surface area contributed by atoms with Gasteiger partial charge in [-0.05, 0) is 18.2 Å². The zero-order chi connectivity index (χ0) is 15.4. The highest BCUT2D eigenvalue weighted by atomic mass is 35.5. The van der Waals surface area contributed by atoms with E-state index < -0.39 is 5.97 Å². The van der Waals surface area contributed by atoms with Gasteiger partial charge in [-0.2, -0.15) is 0 Å². The van der Waals surface area contributed by atoms with Crippen LogP contribution in [0.5, 0.6) is 0 Å². The van der Waals surface area contributed by atoms with Gasteiger partial charge >= 0.3 is 5.97 Å². The smallest absolute Gasteiger partial charge is 0.358 e. The summed E-state index contributed by atoms with van der Waals surface area (Å²) >= 11 is 5.82. The van der Waals surface area contributed by atoms with Crippen LogP contribution in [-0.2, 0) is 6.54 Å². The Morgan fingerprint density at radius 2 is 2.14 bits per heavy atom. The number of amides is 1. The summed E-state index contributed by atoms with van der Waals surface area (Å²) in [5.74, 6) is -1.48. The molecule has 1 amide bonds. The van der Waals surface area contributed by atoms with E-state index in [2.05, 4.69) is 15.6 Å². The first-order chi connectivity index (χ1) is 9.95. The number of carboxylic acids is 1. The second-order valence-electron chi connectivity index (χ2n) is 4.20. The first kappa shape index (κ1) is 14.8. The maximum Gasteiger partial charge on any atom is 0.358 e. The minimum atomic E-state index is -1.15. The van der Waals surface area contributed by atoms with Crippen LogP contribution in [0.4, 0.5) is 5.69 Å². The Morgan fingerprint density at radius 1 is 1.38 bits per heavy atom. The lowest BCUT2D eigenvalue weighted by Gasteiger charge is -2.06. The number of halogens is 1. The number of nitrogens with zero attached hydrogens (tertiary/aromatic N) is 3. The monoisotopic (exact) mass is 309 g/mol. The number of hydrogen-bond acceptors (Lipinski definition) is 5. The van der Waals surface area contributed by atoms with Crippen molar-refractivity contribution >= 4 is 29.2 Å². The van der Waals surface area contributed by atoms with Crippen molar-refractivity contribution in [2.24, 2.45) is 0 Å². The highest BCUT2D eigenvalue weighted by molar-refractivity contribution is 6.31. The summed E-state index contributed by atoms with van der Waals surface area (Å²) in [4.78, 5) is 22.5. The lowest BCUT2D eigenvalue weighted by atomic mass is 10.2. The van der Waals surface area contributed by atoms with Gasteiger partial charge in [0, 0.05) is 22.8 Å². The molecule has 0 aliphatic carbocycles. The largest absolute Gasteiger partial charge is 0.476 e. The maximum atomic E-state index is 11.9. The molecular weight excluding hydrogens is 298 g/mol. The number of anilines is 1. The number of carbonyl (C=O) groups is 2. The third-order valence-corrected chi connectivity index (χ3v) is 2.78. The number of aromatic nitrogens is 3. The highest BCUT2D eigenvalue weighted by Crippen LogP contribution is 2.16. The average Bonchev–Trinajstić information content (AvgIpc) is 2.86. The topological polar surface area (TPSA) is 123 Å². The predicted molar refractivity (Wildman–Crippen MR) is 75.2 cm³/mol. The van der Waals surface area contributed by atoms with Crippen molar-refractivity contribution in [1.82, 2.24) is 20.3 Å². The van der Waals surface area contributed by atoms with Crippen LogP contribution in [0.25, 0.3) is 0 Å². The molecule has 110 valence electrons. The second-order valence-corrected chi connectivity index (χ2v) is 4.64. The van der Waals surface area contributed by atoms with Crippen molar-refractivity contribution in [3.63, 3.8) is 0 Å². The number of benzene rings is 1. The molecule has 0 aliphatic heterocycles. The van der Waals surface area contributed by atoms with E-state index >= 15 is 0 Å². The molecule has 4 N–H and O–H groups in total. The van der Waals surface area contributed by atoms with Crippen LogP contribution in [0.2, 0.25) is 5.02 Å². The number of nitrogens with one attached hydrogen (secondary N) is 1. The van der Waals surface area contributed by atoms with Crippen molar-refractivity contribution < 1.29 is 14.7 Å². The van der Waals surface area contributed by atoms with Gasteiger partial charge in [-0.15, -0.1) is 5.10 Å². The summed E-state index contributed by atoms with van der Waals surface area (Å²) in [6.07, 6.45) is 1.28. The van der Waals surface area contributed by atoms with Crippen molar-refractivity contribution in [3.8, 4) is 0 Å². The zero-order valence-corrected chi connectivity index (χ0v) is 11.5. The van der Waals surface area contributed by atoms with Crippen molar-refractivity contribution in [1.29, 1.82) is 0 Å². The molecule has 0 aliphatic rings. The molecule has 1 aromatic carbocycles. The number of carboxylic acid groups (broad SMARTS) is 1. The summed E-state index contributed by atoms with van der Waals surface area (Å²) in [7, 11) is 0. The van der Waals surface area contributed by atoms with Gasteiger partial charge in [-0.25, -0.2) is 9.48 Å². The SMILES string of the molecule is Nc1cc(Cl)cc(C(=O)NCCn2cc(C(=O)O)nn2)c1. The molecular formula is C12H12ClN5O3. The molecule has 0 bridgehead atoms. The quantitative estimate of drug-likeness (QED) is 0.696. The van der Waals surface area contributed by atoms with Gasteiger partial charge in [0.05, 0.1) is 12.7 Å². The lowest BCUT2D eigenvalue weighted by molar-refractivity contribution is 0.0690. The second kappa shape index (κ2) is 6.23. The van der Waals surface area contributed by atoms with Gasteiger partial charge < -0.3 is 16.2 Å². The summed E-state index contributed by atoms with van der Waals surface area (Å²) in [6.45, 7) is 0.551. The van der Waals surface area contributed by atoms with Gasteiger partial charge in [-0.1, -0.05) is 16.8 Å². The molecule has 1 heterocycles. The summed E-state index contributed by atoms with van der Waals surface area (Å²) in [6, 6.07) is 4.56. The fourth-order valence-electron chi connectivity index (χ4n) is 1.64. The van der Waals surface area contributed by atoms with Gasteiger partial charge in [0.2, 0.25) is 0 Å². The molecule has 1 aromatic heterocycles. The Hall–Kier alpha value is -2.61. The maximum absolute atomic E-state index is 11.9. The number of aromatic carboxylic acids is 1. The van der Waals surface area contributed by atoms with E-state index in [9.17, 15) is 9.59 Å². The molecule has 2 rings (SSSR count). The lowest BCUT2D eigenvalue weighted by Crippen LogP contribution is -2.27. The normalized spacial score (nSPS) is 10.3. The van der Waals surface area contributed by atoms with Gasteiger partial charge in [0.15, 0.2) is 5.69 Å². The van der Waals surface area contributed by atoms with E-state index in [1.165, 1.54) is 23.0 Å². The Labute approximate surface area is 124 Å². The molecule has 8 nitrogen and oxygen atoms in total. The molecule has 0 spiro atoms. The number of carbonyl (C=O) groups excluding carboxylic acids is 1. The summed E-state index contributed by atoms with van der Waals surface area (Å²) < 4.78 is 1.33. The first-order valence-electron chi connectivity index (χ1n) is 5.93. The molecule has 9 heteroatoms. The van der Waals surface area contributed by atoms with E-state index in [0.29, 0.717) is 22.8 Å². The van der Waals surface area contributed by atoms with E-state index in [-0.39, 0.29) is 18.1 Å². The first-order valence-corrected chi connectivity index (χ1v) is 6.31. The number of rotatable bonds is 5. The van der Waals surface area contributed by atoms with Gasteiger partial charge in [0.25, 0.3) is 5.91 Å². The zero-order valence-electron chi connectivity index (χ0n) is 10.8. The van der Waals surface area contributed by atoms with E-state index in [1.54, 1.807) is 6.07 Å². The predicted octanol–water partition coefficient (Wildman–Crippen LogP) is 0.642. The Kier molecular flexibility index (Phi) is 4.39.